The summed E-state index contributed by atoms with van der Waals surface area (Å²) < 4.78 is 14.5. The minimum atomic E-state index is -0.929. The molecular weight excluding hydrogens is 558 g/mol. The lowest BCUT2D eigenvalue weighted by atomic mass is 10.0. The Balaban J connectivity index is 1.32. The highest BCUT2D eigenvalue weighted by atomic mass is 32.2. The summed E-state index contributed by atoms with van der Waals surface area (Å²) in [5, 5.41) is 34.0. The van der Waals surface area contributed by atoms with E-state index in [2.05, 4.69) is 20.8 Å². The molecule has 1 aliphatic rings. The van der Waals surface area contributed by atoms with E-state index < -0.39 is 12.3 Å². The Morgan fingerprint density at radius 1 is 0.976 bits per heavy atom. The van der Waals surface area contributed by atoms with Gasteiger partial charge in [0.1, 0.15) is 0 Å². The molecule has 1 saturated heterocycles. The molecule has 3 atom stereocenters. The van der Waals surface area contributed by atoms with Crippen molar-refractivity contribution in [1.29, 1.82) is 0 Å². The summed E-state index contributed by atoms with van der Waals surface area (Å²) in [7, 11) is 0. The van der Waals surface area contributed by atoms with Crippen LogP contribution in [0.15, 0.2) is 84.0 Å². The van der Waals surface area contributed by atoms with Crippen LogP contribution in [0, 0.1) is 0 Å². The molecule has 12 heteroatoms. The molecule has 0 radical (unpaired) electrons. The van der Waals surface area contributed by atoms with Crippen molar-refractivity contribution in [2.24, 2.45) is 0 Å². The number of anilines is 1. The van der Waals surface area contributed by atoms with Crippen LogP contribution in [0.2, 0.25) is 0 Å². The van der Waals surface area contributed by atoms with Gasteiger partial charge >= 0.3 is 5.97 Å². The lowest BCUT2D eigenvalue weighted by Crippen LogP contribution is -2.31. The van der Waals surface area contributed by atoms with Crippen LogP contribution in [0.5, 0.6) is 0 Å². The maximum atomic E-state index is 12.3. The number of aliphatic hydroxyl groups is 1. The number of ether oxygens (including phenoxy) is 2. The minimum absolute atomic E-state index is 0.0399. The summed E-state index contributed by atoms with van der Waals surface area (Å²) in [5.41, 5.74) is 3.95. The van der Waals surface area contributed by atoms with Gasteiger partial charge in [-0.15, -0.1) is 5.10 Å². The van der Waals surface area contributed by atoms with Crippen molar-refractivity contribution < 1.29 is 29.3 Å². The number of benzene rings is 3. The predicted octanol–water partition coefficient (Wildman–Crippen LogP) is 4.69. The predicted molar refractivity (Wildman–Crippen MR) is 155 cm³/mol. The van der Waals surface area contributed by atoms with Gasteiger partial charge in [-0.1, -0.05) is 66.4 Å². The zero-order valence-corrected chi connectivity index (χ0v) is 23.5. The van der Waals surface area contributed by atoms with Crippen molar-refractivity contribution in [3.63, 3.8) is 0 Å². The van der Waals surface area contributed by atoms with Crippen molar-refractivity contribution in [2.75, 3.05) is 11.1 Å². The first-order valence-corrected chi connectivity index (χ1v) is 14.6. The molecule has 11 nitrogen and oxygen atoms in total. The van der Waals surface area contributed by atoms with Gasteiger partial charge in [0.15, 0.2) is 6.29 Å². The molecule has 1 aliphatic heterocycles. The summed E-state index contributed by atoms with van der Waals surface area (Å²) >= 11 is 1.49. The van der Waals surface area contributed by atoms with Gasteiger partial charge in [0, 0.05) is 36.3 Å². The summed E-state index contributed by atoms with van der Waals surface area (Å²) in [6.07, 6.45) is -0.294. The summed E-state index contributed by atoms with van der Waals surface area (Å²) in [5.74, 6) is -0.620. The molecule has 1 fully saturated rings. The highest BCUT2D eigenvalue weighted by Crippen LogP contribution is 2.39. The second-order valence-corrected chi connectivity index (χ2v) is 10.8. The molecular formula is C30H31N5O6S. The number of thioether (sulfide) groups is 1. The van der Waals surface area contributed by atoms with Crippen LogP contribution in [-0.2, 0) is 25.7 Å². The number of rotatable bonds is 12. The SMILES string of the molecule is O=C(O)CCCC(=O)Nc1cccc([C@H]2O[C@@H](CSc3nnnn3-c3ccccc3)C[C@@H](c3ccc(CO)cc3)O2)c1. The van der Waals surface area contributed by atoms with Crippen LogP contribution in [0.25, 0.3) is 5.69 Å². The molecule has 1 amide bonds. The van der Waals surface area contributed by atoms with E-state index in [1.807, 2.05) is 66.7 Å². The number of nitrogens with one attached hydrogen (secondary N) is 1. The van der Waals surface area contributed by atoms with E-state index in [1.165, 1.54) is 11.8 Å². The molecule has 0 spiro atoms. The Morgan fingerprint density at radius 3 is 2.55 bits per heavy atom. The number of carboxylic acids is 1. The summed E-state index contributed by atoms with van der Waals surface area (Å²) in [6, 6.07) is 24.6. The molecule has 2 heterocycles. The molecule has 3 aromatic carbocycles. The van der Waals surface area contributed by atoms with Gasteiger partial charge in [0.2, 0.25) is 11.1 Å². The van der Waals surface area contributed by atoms with E-state index in [0.717, 1.165) is 22.4 Å². The van der Waals surface area contributed by atoms with Gasteiger partial charge in [-0.3, -0.25) is 9.59 Å². The molecule has 1 aromatic heterocycles. The fourth-order valence-corrected chi connectivity index (χ4v) is 5.49. The van der Waals surface area contributed by atoms with Crippen molar-refractivity contribution >= 4 is 29.3 Å². The van der Waals surface area contributed by atoms with E-state index in [4.69, 9.17) is 14.6 Å². The number of carbonyl (C=O) groups excluding carboxylic acids is 1. The number of aromatic nitrogens is 4. The van der Waals surface area contributed by atoms with E-state index in [0.29, 0.717) is 23.0 Å². The number of amides is 1. The van der Waals surface area contributed by atoms with Gasteiger partial charge < -0.3 is 25.0 Å². The number of tetrazole rings is 1. The lowest BCUT2D eigenvalue weighted by Gasteiger charge is -2.36. The molecule has 4 aromatic rings. The summed E-state index contributed by atoms with van der Waals surface area (Å²) in [4.78, 5) is 23.1. The Morgan fingerprint density at radius 2 is 1.79 bits per heavy atom. The monoisotopic (exact) mass is 589 g/mol. The molecule has 218 valence electrons. The maximum absolute atomic E-state index is 12.3. The normalized spacial score (nSPS) is 18.5. The first-order valence-electron chi connectivity index (χ1n) is 13.6. The standard InChI is InChI=1S/C30H31N5O6S/c36-18-20-12-14-21(15-13-20)26-17-25(19-42-30-32-33-34-35(30)24-8-2-1-3-9-24)40-29(41-26)22-6-4-7-23(16-22)31-27(37)10-5-11-28(38)39/h1-4,6-9,12-16,25-26,29,36H,5,10-11,17-19H2,(H,31,37)(H,38,39)/t25-,26+,29+/m1/s1. The molecule has 0 aliphatic carbocycles. The maximum Gasteiger partial charge on any atom is 0.303 e. The Kier molecular flexibility index (Phi) is 9.93. The Labute approximate surface area is 246 Å². The van der Waals surface area contributed by atoms with Crippen LogP contribution in [0.3, 0.4) is 0 Å². The number of aliphatic hydroxyl groups excluding tert-OH is 1. The van der Waals surface area contributed by atoms with Gasteiger partial charge in [0.25, 0.3) is 0 Å². The van der Waals surface area contributed by atoms with Crippen molar-refractivity contribution in [2.45, 2.75) is 55.9 Å². The van der Waals surface area contributed by atoms with E-state index >= 15 is 0 Å². The third kappa shape index (κ3) is 7.79. The van der Waals surface area contributed by atoms with Crippen LogP contribution in [0.4, 0.5) is 5.69 Å². The second-order valence-electron chi connectivity index (χ2n) is 9.79. The number of nitrogens with zero attached hydrogens (tertiary/aromatic N) is 4. The molecule has 3 N–H and O–H groups in total. The smallest absolute Gasteiger partial charge is 0.303 e. The molecule has 0 saturated carbocycles. The van der Waals surface area contributed by atoms with E-state index in [1.54, 1.807) is 16.8 Å². The first-order chi connectivity index (χ1) is 20.5. The average molecular weight is 590 g/mol. The van der Waals surface area contributed by atoms with Crippen LogP contribution in [0.1, 0.15) is 54.8 Å². The highest BCUT2D eigenvalue weighted by molar-refractivity contribution is 7.99. The van der Waals surface area contributed by atoms with Gasteiger partial charge in [0.05, 0.1) is 24.5 Å². The zero-order chi connectivity index (χ0) is 29.3. The zero-order valence-electron chi connectivity index (χ0n) is 22.7. The third-order valence-corrected chi connectivity index (χ3v) is 7.74. The second kappa shape index (κ2) is 14.2. The highest BCUT2D eigenvalue weighted by Gasteiger charge is 2.33. The molecule has 0 bridgehead atoms. The van der Waals surface area contributed by atoms with Gasteiger partial charge in [-0.05, 0) is 52.2 Å². The minimum Gasteiger partial charge on any atom is -0.481 e. The van der Waals surface area contributed by atoms with E-state index in [-0.39, 0.29) is 44.0 Å². The Hall–Kier alpha value is -4.10. The Bertz CT molecular complexity index is 1480. The summed E-state index contributed by atoms with van der Waals surface area (Å²) in [6.45, 7) is -0.0399. The third-order valence-electron chi connectivity index (χ3n) is 6.69. The van der Waals surface area contributed by atoms with Crippen LogP contribution < -0.4 is 5.32 Å². The fraction of sp³-hybridized carbons (Fsp3) is 0.300. The van der Waals surface area contributed by atoms with E-state index in [9.17, 15) is 14.7 Å². The fourth-order valence-electron chi connectivity index (χ4n) is 4.58. The number of carbonyl (C=O) groups is 2. The van der Waals surface area contributed by atoms with Gasteiger partial charge in [-0.25, -0.2) is 0 Å². The van der Waals surface area contributed by atoms with Crippen molar-refractivity contribution in [1.82, 2.24) is 20.2 Å². The van der Waals surface area contributed by atoms with Crippen molar-refractivity contribution in [3.8, 4) is 5.69 Å². The quantitative estimate of drug-likeness (QED) is 0.199. The number of aliphatic carboxylic acids is 1. The molecule has 42 heavy (non-hydrogen) atoms. The molecule has 5 rings (SSSR count). The number of hydrogen-bond acceptors (Lipinski definition) is 9. The van der Waals surface area contributed by atoms with Crippen LogP contribution >= 0.6 is 11.8 Å². The number of carboxylic acid groups (broad SMARTS) is 1. The lowest BCUT2D eigenvalue weighted by molar-refractivity contribution is -0.245. The number of hydrogen-bond donors (Lipinski definition) is 3. The van der Waals surface area contributed by atoms with Crippen molar-refractivity contribution in [3.05, 3.63) is 95.6 Å². The van der Waals surface area contributed by atoms with Gasteiger partial charge in [-0.2, -0.15) is 4.68 Å². The number of para-hydroxylation sites is 1. The first kappa shape index (κ1) is 29.4. The largest absolute Gasteiger partial charge is 0.481 e. The molecule has 0 unspecified atom stereocenters. The van der Waals surface area contributed by atoms with Crippen LogP contribution in [-0.4, -0.2) is 54.2 Å². The average Bonchev–Trinajstić information content (AvgIpc) is 3.49. The topological polar surface area (TPSA) is 149 Å².